The summed E-state index contributed by atoms with van der Waals surface area (Å²) in [5.74, 6) is 0.663. The number of carbonyl (C=O) groups excluding carboxylic acids is 1. The topological polar surface area (TPSA) is 42.0 Å². The lowest BCUT2D eigenvalue weighted by atomic mass is 10.3. The van der Waals surface area contributed by atoms with Crippen molar-refractivity contribution in [2.45, 2.75) is 79.6 Å². The van der Waals surface area contributed by atoms with Gasteiger partial charge in [-0.05, 0) is 55.4 Å². The summed E-state index contributed by atoms with van der Waals surface area (Å²) in [5.41, 5.74) is 0. The van der Waals surface area contributed by atoms with E-state index in [0.29, 0.717) is 47.6 Å². The van der Waals surface area contributed by atoms with Crippen LogP contribution in [0.3, 0.4) is 0 Å². The molecule has 0 saturated heterocycles. The standard InChI is InChI=1S/C20H45N3O3PS/c1-16(2)21(17(3)4)27(22(18(5)6)19(7)8)26-15-25-12-13-28-20(24)14-23(9,10)11/h16-19H,12-15H2,1-11H3/q+1. The molecule has 0 rings (SSSR count). The average Bonchev–Trinajstić information content (AvgIpc) is 2.46. The molecule has 0 bridgehead atoms. The van der Waals surface area contributed by atoms with Crippen LogP contribution in [0.1, 0.15) is 55.4 Å². The number of rotatable bonds is 14. The van der Waals surface area contributed by atoms with Crippen molar-refractivity contribution < 1.29 is 18.5 Å². The number of carbonyl (C=O) groups is 1. The molecule has 0 N–H and O–H groups in total. The molecule has 0 radical (unpaired) electrons. The monoisotopic (exact) mass is 438 g/mol. The van der Waals surface area contributed by atoms with Gasteiger partial charge in [-0.1, -0.05) is 11.8 Å². The summed E-state index contributed by atoms with van der Waals surface area (Å²) in [5, 5.41) is 0.204. The van der Waals surface area contributed by atoms with E-state index in [9.17, 15) is 4.79 Å². The van der Waals surface area contributed by atoms with Crippen molar-refractivity contribution in [3.63, 3.8) is 0 Å². The van der Waals surface area contributed by atoms with E-state index in [-0.39, 0.29) is 11.9 Å². The van der Waals surface area contributed by atoms with Gasteiger partial charge in [-0.2, -0.15) is 0 Å². The Kier molecular flexibility index (Phi) is 13.7. The minimum atomic E-state index is -0.932. The Hall–Kier alpha value is 0.250. The highest BCUT2D eigenvalue weighted by atomic mass is 32.2. The number of hydrogen-bond acceptors (Lipinski definition) is 6. The van der Waals surface area contributed by atoms with E-state index in [0.717, 1.165) is 0 Å². The van der Waals surface area contributed by atoms with Crippen molar-refractivity contribution in [1.82, 2.24) is 9.34 Å². The summed E-state index contributed by atoms with van der Waals surface area (Å²) in [6, 6.07) is 1.54. The largest absolute Gasteiger partial charge is 0.354 e. The van der Waals surface area contributed by atoms with Crippen molar-refractivity contribution in [2.24, 2.45) is 0 Å². The molecule has 0 amide bonds. The molecule has 28 heavy (non-hydrogen) atoms. The van der Waals surface area contributed by atoms with Crippen molar-refractivity contribution in [3.05, 3.63) is 0 Å². The molecule has 0 fully saturated rings. The van der Waals surface area contributed by atoms with Gasteiger partial charge in [0.15, 0.2) is 15.2 Å². The van der Waals surface area contributed by atoms with Gasteiger partial charge in [0.05, 0.1) is 27.7 Å². The molecule has 6 nitrogen and oxygen atoms in total. The van der Waals surface area contributed by atoms with Crippen LogP contribution in [0.5, 0.6) is 0 Å². The van der Waals surface area contributed by atoms with Crippen LogP contribution in [-0.4, -0.2) is 89.9 Å². The molecular formula is C20H45N3O3PS+. The van der Waals surface area contributed by atoms with Gasteiger partial charge >= 0.3 is 0 Å². The molecule has 0 aromatic carbocycles. The van der Waals surface area contributed by atoms with Gasteiger partial charge in [0.25, 0.3) is 0 Å². The van der Waals surface area contributed by atoms with Crippen LogP contribution in [0.25, 0.3) is 0 Å². The maximum atomic E-state index is 11.9. The lowest BCUT2D eigenvalue weighted by Crippen LogP contribution is -2.43. The van der Waals surface area contributed by atoms with Gasteiger partial charge in [-0.3, -0.25) is 4.79 Å². The summed E-state index contributed by atoms with van der Waals surface area (Å²) in [7, 11) is 5.14. The molecule has 0 aliphatic rings. The van der Waals surface area contributed by atoms with E-state index >= 15 is 0 Å². The Labute approximate surface area is 179 Å². The Balaban J connectivity index is 4.71. The zero-order chi connectivity index (χ0) is 22.1. The second kappa shape index (κ2) is 13.5. The molecule has 0 saturated carbocycles. The van der Waals surface area contributed by atoms with Crippen LogP contribution in [0.4, 0.5) is 0 Å². The van der Waals surface area contributed by atoms with Crippen LogP contribution in [0.2, 0.25) is 0 Å². The predicted molar refractivity (Wildman–Crippen MR) is 123 cm³/mol. The molecule has 0 aliphatic heterocycles. The molecule has 0 spiro atoms. The number of likely N-dealkylation sites (N-methyl/N-ethyl adjacent to an activating group) is 1. The molecule has 0 heterocycles. The lowest BCUT2D eigenvalue weighted by Gasteiger charge is -2.45. The minimum absolute atomic E-state index is 0.204. The van der Waals surface area contributed by atoms with Crippen LogP contribution in [0, 0.1) is 0 Å². The molecule has 0 unspecified atom stereocenters. The van der Waals surface area contributed by atoms with Crippen LogP contribution < -0.4 is 0 Å². The third-order valence-electron chi connectivity index (χ3n) is 3.86. The quantitative estimate of drug-likeness (QED) is 0.173. The molecule has 8 heteroatoms. The van der Waals surface area contributed by atoms with Crippen LogP contribution in [-0.2, 0) is 14.1 Å². The summed E-state index contributed by atoms with van der Waals surface area (Å²) in [4.78, 5) is 11.9. The van der Waals surface area contributed by atoms with E-state index in [2.05, 4.69) is 64.7 Å². The fourth-order valence-corrected chi connectivity index (χ4v) is 6.19. The SMILES string of the molecule is CC(C)N(C(C)C)P(OCOCCSC(=O)C[N+](C)(C)C)N(C(C)C)C(C)C. The van der Waals surface area contributed by atoms with Crippen molar-refractivity contribution >= 4 is 25.3 Å². The third-order valence-corrected chi connectivity index (χ3v) is 7.65. The maximum absolute atomic E-state index is 11.9. The predicted octanol–water partition coefficient (Wildman–Crippen LogP) is 4.41. The Morgan fingerprint density at radius 2 is 1.32 bits per heavy atom. The van der Waals surface area contributed by atoms with Crippen LogP contribution >= 0.6 is 20.2 Å². The summed E-state index contributed by atoms with van der Waals surface area (Å²) in [6.07, 6.45) is 0. The molecule has 0 aliphatic carbocycles. The molecule has 168 valence electrons. The highest BCUT2D eigenvalue weighted by Crippen LogP contribution is 2.50. The molecule has 0 atom stereocenters. The van der Waals surface area contributed by atoms with Crippen molar-refractivity contribution in [3.8, 4) is 0 Å². The Morgan fingerprint density at radius 1 is 0.893 bits per heavy atom. The highest BCUT2D eigenvalue weighted by molar-refractivity contribution is 8.13. The van der Waals surface area contributed by atoms with Gasteiger partial charge in [-0.15, -0.1) is 0 Å². The van der Waals surface area contributed by atoms with Crippen molar-refractivity contribution in [1.29, 1.82) is 0 Å². The number of hydrogen-bond donors (Lipinski definition) is 0. The maximum Gasteiger partial charge on any atom is 0.243 e. The first-order valence-corrected chi connectivity index (χ1v) is 12.5. The first-order valence-electron chi connectivity index (χ1n) is 10.3. The molecular weight excluding hydrogens is 393 g/mol. The fraction of sp³-hybridized carbons (Fsp3) is 0.950. The number of quaternary nitrogens is 1. The van der Waals surface area contributed by atoms with Gasteiger partial charge in [0.2, 0.25) is 5.12 Å². The normalized spacial score (nSPS) is 13.4. The summed E-state index contributed by atoms with van der Waals surface area (Å²) >= 11 is 1.34. The Bertz CT molecular complexity index is 407. The zero-order valence-corrected chi connectivity index (χ0v) is 21.8. The smallest absolute Gasteiger partial charge is 0.243 e. The van der Waals surface area contributed by atoms with Crippen LogP contribution in [0.15, 0.2) is 0 Å². The van der Waals surface area contributed by atoms with E-state index in [4.69, 9.17) is 9.26 Å². The van der Waals surface area contributed by atoms with Gasteiger partial charge in [0, 0.05) is 29.9 Å². The lowest BCUT2D eigenvalue weighted by molar-refractivity contribution is -0.861. The van der Waals surface area contributed by atoms with E-state index < -0.39 is 8.45 Å². The molecule has 0 aromatic rings. The molecule has 0 aromatic heterocycles. The van der Waals surface area contributed by atoms with E-state index in [1.165, 1.54) is 11.8 Å². The van der Waals surface area contributed by atoms with E-state index in [1.54, 1.807) is 0 Å². The summed E-state index contributed by atoms with van der Waals surface area (Å²) < 4.78 is 17.6. The highest BCUT2D eigenvalue weighted by Gasteiger charge is 2.34. The van der Waals surface area contributed by atoms with Gasteiger partial charge in [0.1, 0.15) is 6.54 Å². The second-order valence-corrected chi connectivity index (χ2v) is 12.1. The third kappa shape index (κ3) is 11.4. The first-order chi connectivity index (χ1) is 12.8. The summed E-state index contributed by atoms with van der Waals surface area (Å²) in [6.45, 7) is 19.0. The van der Waals surface area contributed by atoms with Gasteiger partial charge < -0.3 is 13.7 Å². The zero-order valence-electron chi connectivity index (χ0n) is 20.1. The Morgan fingerprint density at radius 3 is 1.68 bits per heavy atom. The van der Waals surface area contributed by atoms with Crippen molar-refractivity contribution in [2.75, 3.05) is 46.8 Å². The fourth-order valence-electron chi connectivity index (χ4n) is 3.03. The number of nitrogens with zero attached hydrogens (tertiary/aromatic N) is 3. The van der Waals surface area contributed by atoms with E-state index in [1.807, 2.05) is 21.1 Å². The number of thioether (sulfide) groups is 1. The van der Waals surface area contributed by atoms with Gasteiger partial charge in [-0.25, -0.2) is 9.34 Å². The minimum Gasteiger partial charge on any atom is -0.354 e. The first kappa shape index (κ1) is 28.2. The average molecular weight is 439 g/mol. The number of ether oxygens (including phenoxy) is 1. The second-order valence-electron chi connectivity index (χ2n) is 9.21.